The van der Waals surface area contributed by atoms with Crippen LogP contribution in [-0.4, -0.2) is 30.8 Å². The molecule has 0 fully saturated rings. The predicted molar refractivity (Wildman–Crippen MR) is 66.7 cm³/mol. The van der Waals surface area contributed by atoms with Crippen molar-refractivity contribution in [1.29, 1.82) is 0 Å². The van der Waals surface area contributed by atoms with Gasteiger partial charge in [0.2, 0.25) is 0 Å². The minimum atomic E-state index is -0.114. The topological polar surface area (TPSA) is 49.4 Å². The van der Waals surface area contributed by atoms with E-state index >= 15 is 0 Å². The van der Waals surface area contributed by atoms with E-state index in [1.165, 1.54) is 4.90 Å². The average Bonchev–Trinajstić information content (AvgIpc) is 2.62. The average molecular weight is 230 g/mol. The highest BCUT2D eigenvalue weighted by Crippen LogP contribution is 2.32. The van der Waals surface area contributed by atoms with Crippen molar-refractivity contribution < 1.29 is 9.59 Å². The number of rotatable bonds is 1. The van der Waals surface area contributed by atoms with Crippen molar-refractivity contribution >= 4 is 23.1 Å². The molecule has 0 aliphatic carbocycles. The van der Waals surface area contributed by atoms with Crippen LogP contribution in [0.2, 0.25) is 0 Å². The molecule has 1 aliphatic rings. The Kier molecular flexibility index (Phi) is 2.71. The van der Waals surface area contributed by atoms with Crippen LogP contribution in [0, 0.1) is 0 Å². The second-order valence-electron chi connectivity index (χ2n) is 4.12. The highest BCUT2D eigenvalue weighted by Gasteiger charge is 2.24. The van der Waals surface area contributed by atoms with E-state index in [0.717, 1.165) is 11.3 Å². The predicted octanol–water partition coefficient (Wildman–Crippen LogP) is 1.74. The number of benzene rings is 1. The third kappa shape index (κ3) is 1.82. The van der Waals surface area contributed by atoms with Crippen molar-refractivity contribution in [3.8, 4) is 0 Å². The Bertz CT molecular complexity index is 530. The van der Waals surface area contributed by atoms with Crippen LogP contribution < -0.4 is 5.32 Å². The Morgan fingerprint density at radius 2 is 2.06 bits per heavy atom. The number of allylic oxidation sites excluding steroid dienone is 1. The fourth-order valence-electron chi connectivity index (χ4n) is 1.87. The standard InChI is InChI=1S/C13H14N2O2/c1-4-9-10-7-8(13(17)15(2)3)5-6-11(10)14-12(9)16/h4-7H,1-3H3,(H,14,16)/b9-4+. The molecule has 1 aromatic rings. The van der Waals surface area contributed by atoms with Gasteiger partial charge in [-0.1, -0.05) is 6.08 Å². The number of amides is 2. The molecule has 0 saturated carbocycles. The molecule has 0 bridgehead atoms. The summed E-state index contributed by atoms with van der Waals surface area (Å²) in [5.74, 6) is -0.181. The van der Waals surface area contributed by atoms with Crippen LogP contribution in [0.4, 0.5) is 5.69 Å². The lowest BCUT2D eigenvalue weighted by Crippen LogP contribution is -2.21. The molecule has 0 saturated heterocycles. The molecule has 17 heavy (non-hydrogen) atoms. The van der Waals surface area contributed by atoms with E-state index in [9.17, 15) is 9.59 Å². The lowest BCUT2D eigenvalue weighted by molar-refractivity contribution is -0.110. The second-order valence-corrected chi connectivity index (χ2v) is 4.12. The molecule has 1 aromatic carbocycles. The number of carbonyl (C=O) groups excluding carboxylic acids is 2. The van der Waals surface area contributed by atoms with Gasteiger partial charge >= 0.3 is 0 Å². The molecule has 88 valence electrons. The molecular weight excluding hydrogens is 216 g/mol. The van der Waals surface area contributed by atoms with Crippen LogP contribution in [0.1, 0.15) is 22.8 Å². The van der Waals surface area contributed by atoms with E-state index < -0.39 is 0 Å². The fourth-order valence-corrected chi connectivity index (χ4v) is 1.87. The van der Waals surface area contributed by atoms with Crippen LogP contribution in [0.25, 0.3) is 5.57 Å². The van der Waals surface area contributed by atoms with Gasteiger partial charge in [-0.25, -0.2) is 0 Å². The first-order valence-electron chi connectivity index (χ1n) is 5.38. The Morgan fingerprint density at radius 3 is 2.65 bits per heavy atom. The molecule has 0 radical (unpaired) electrons. The molecule has 1 heterocycles. The Morgan fingerprint density at radius 1 is 1.35 bits per heavy atom. The van der Waals surface area contributed by atoms with Gasteiger partial charge in [-0.2, -0.15) is 0 Å². The summed E-state index contributed by atoms with van der Waals surface area (Å²) in [7, 11) is 3.41. The summed E-state index contributed by atoms with van der Waals surface area (Å²) in [6.07, 6.45) is 1.76. The molecule has 0 aromatic heterocycles. The van der Waals surface area contributed by atoms with E-state index in [2.05, 4.69) is 5.32 Å². The molecule has 2 rings (SSSR count). The molecule has 2 amide bonds. The van der Waals surface area contributed by atoms with Gasteiger partial charge in [-0.15, -0.1) is 0 Å². The zero-order valence-corrected chi connectivity index (χ0v) is 10.1. The Hall–Kier alpha value is -2.10. The van der Waals surface area contributed by atoms with Crippen molar-refractivity contribution in [1.82, 2.24) is 4.90 Å². The number of nitrogens with one attached hydrogen (secondary N) is 1. The van der Waals surface area contributed by atoms with Crippen LogP contribution in [0.3, 0.4) is 0 Å². The molecule has 0 atom stereocenters. The van der Waals surface area contributed by atoms with E-state index in [1.54, 1.807) is 38.4 Å². The first-order valence-corrected chi connectivity index (χ1v) is 5.38. The minimum Gasteiger partial charge on any atom is -0.345 e. The smallest absolute Gasteiger partial charge is 0.256 e. The normalized spacial score (nSPS) is 15.7. The van der Waals surface area contributed by atoms with Gasteiger partial charge in [-0.3, -0.25) is 9.59 Å². The first kappa shape index (κ1) is 11.4. The summed E-state index contributed by atoms with van der Waals surface area (Å²) in [5, 5.41) is 2.76. The third-order valence-electron chi connectivity index (χ3n) is 2.74. The van der Waals surface area contributed by atoms with Crippen LogP contribution in [0.15, 0.2) is 24.3 Å². The summed E-state index contributed by atoms with van der Waals surface area (Å²) in [6, 6.07) is 5.24. The number of hydrogen-bond donors (Lipinski definition) is 1. The van der Waals surface area contributed by atoms with Crippen LogP contribution in [0.5, 0.6) is 0 Å². The zero-order chi connectivity index (χ0) is 12.6. The van der Waals surface area contributed by atoms with Crippen molar-refractivity contribution in [3.63, 3.8) is 0 Å². The number of anilines is 1. The lowest BCUT2D eigenvalue weighted by atomic mass is 10.0. The maximum absolute atomic E-state index is 11.8. The SMILES string of the molecule is C/C=C1/C(=O)Nc2ccc(C(=O)N(C)C)cc21. The molecule has 1 aliphatic heterocycles. The highest BCUT2D eigenvalue weighted by atomic mass is 16.2. The number of fused-ring (bicyclic) bond motifs is 1. The third-order valence-corrected chi connectivity index (χ3v) is 2.74. The van der Waals surface area contributed by atoms with Crippen molar-refractivity contribution in [3.05, 3.63) is 35.4 Å². The molecule has 1 N–H and O–H groups in total. The largest absolute Gasteiger partial charge is 0.345 e. The van der Waals surface area contributed by atoms with Crippen molar-refractivity contribution in [2.45, 2.75) is 6.92 Å². The van der Waals surface area contributed by atoms with Gasteiger partial charge in [0.25, 0.3) is 11.8 Å². The summed E-state index contributed by atoms with van der Waals surface area (Å²) in [5.41, 5.74) is 2.77. The number of hydrogen-bond acceptors (Lipinski definition) is 2. The Labute approximate surface area is 99.9 Å². The van der Waals surface area contributed by atoms with Crippen molar-refractivity contribution in [2.75, 3.05) is 19.4 Å². The van der Waals surface area contributed by atoms with Crippen LogP contribution >= 0.6 is 0 Å². The summed E-state index contributed by atoms with van der Waals surface area (Å²) in [4.78, 5) is 24.9. The molecule has 4 nitrogen and oxygen atoms in total. The van der Waals surface area contributed by atoms with E-state index in [0.29, 0.717) is 11.1 Å². The summed E-state index contributed by atoms with van der Waals surface area (Å²) >= 11 is 0. The first-order chi connectivity index (χ1) is 8.04. The quantitative estimate of drug-likeness (QED) is 0.747. The number of nitrogens with zero attached hydrogens (tertiary/aromatic N) is 1. The Balaban J connectivity index is 2.49. The van der Waals surface area contributed by atoms with E-state index in [4.69, 9.17) is 0 Å². The monoisotopic (exact) mass is 230 g/mol. The maximum atomic E-state index is 11.8. The van der Waals surface area contributed by atoms with Gasteiger partial charge in [0.05, 0.1) is 0 Å². The molecule has 0 unspecified atom stereocenters. The highest BCUT2D eigenvalue weighted by molar-refractivity contribution is 6.31. The zero-order valence-electron chi connectivity index (χ0n) is 10.1. The summed E-state index contributed by atoms with van der Waals surface area (Å²) < 4.78 is 0. The van der Waals surface area contributed by atoms with Gasteiger partial charge in [0.15, 0.2) is 0 Å². The fraction of sp³-hybridized carbons (Fsp3) is 0.231. The lowest BCUT2D eigenvalue weighted by Gasteiger charge is -2.10. The van der Waals surface area contributed by atoms with E-state index in [-0.39, 0.29) is 11.8 Å². The number of carbonyl (C=O) groups is 2. The van der Waals surface area contributed by atoms with Crippen molar-refractivity contribution in [2.24, 2.45) is 0 Å². The summed E-state index contributed by atoms with van der Waals surface area (Å²) in [6.45, 7) is 1.81. The minimum absolute atomic E-state index is 0.0670. The van der Waals surface area contributed by atoms with Crippen LogP contribution in [-0.2, 0) is 4.79 Å². The molecular formula is C13H14N2O2. The maximum Gasteiger partial charge on any atom is 0.256 e. The second kappa shape index (κ2) is 4.05. The molecule has 4 heteroatoms. The molecule has 0 spiro atoms. The van der Waals surface area contributed by atoms with E-state index in [1.807, 2.05) is 6.92 Å². The van der Waals surface area contributed by atoms with Gasteiger partial charge < -0.3 is 10.2 Å². The van der Waals surface area contributed by atoms with Gasteiger partial charge in [-0.05, 0) is 25.1 Å². The van der Waals surface area contributed by atoms with Gasteiger partial charge in [0, 0.05) is 36.5 Å². The van der Waals surface area contributed by atoms with Gasteiger partial charge in [0.1, 0.15) is 0 Å².